The molecule has 0 saturated carbocycles. The number of rotatable bonds is 13. The molecular formula is C30H37N3O4. The number of hydrogen-bond acceptors (Lipinski definition) is 6. The minimum absolute atomic E-state index is 0.280. The topological polar surface area (TPSA) is 72.9 Å². The minimum atomic E-state index is -0.640. The summed E-state index contributed by atoms with van der Waals surface area (Å²) < 4.78 is 19.7. The Bertz CT molecular complexity index is 1240. The average molecular weight is 504 g/mol. The lowest BCUT2D eigenvalue weighted by atomic mass is 10.2. The molecule has 0 aliphatic heterocycles. The highest BCUT2D eigenvalue weighted by atomic mass is 16.5. The van der Waals surface area contributed by atoms with Gasteiger partial charge in [0.1, 0.15) is 11.5 Å². The van der Waals surface area contributed by atoms with E-state index in [9.17, 15) is 5.11 Å². The standard InChI is InChI=1S/C30H37N3O4/c1-22(2)20-35-21-26(34)17-32(18-28-14-9-15-36-28)19-29-24(4)31-33(25-11-6-5-7-12-25)30(29)37-27-13-8-10-23(3)16-27/h5-16,22,26,34H,17-21H2,1-4H3/t26-/m0/s1. The van der Waals surface area contributed by atoms with Crippen molar-refractivity contribution in [1.82, 2.24) is 14.7 Å². The number of aliphatic hydroxyl groups excluding tert-OH is 1. The number of hydrogen-bond donors (Lipinski definition) is 1. The predicted molar refractivity (Wildman–Crippen MR) is 144 cm³/mol. The highest BCUT2D eigenvalue weighted by molar-refractivity contribution is 5.43. The number of aliphatic hydroxyl groups is 1. The van der Waals surface area contributed by atoms with Crippen LogP contribution in [0.25, 0.3) is 5.69 Å². The van der Waals surface area contributed by atoms with Gasteiger partial charge in [0.2, 0.25) is 5.88 Å². The third-order valence-corrected chi connectivity index (χ3v) is 5.91. The first-order chi connectivity index (χ1) is 17.9. The lowest BCUT2D eigenvalue weighted by Crippen LogP contribution is -2.34. The maximum absolute atomic E-state index is 10.8. The van der Waals surface area contributed by atoms with Crippen molar-refractivity contribution in [2.24, 2.45) is 5.92 Å². The molecule has 1 N–H and O–H groups in total. The fraction of sp³-hybridized carbons (Fsp3) is 0.367. The average Bonchev–Trinajstić information content (AvgIpc) is 3.48. The zero-order valence-corrected chi connectivity index (χ0v) is 22.1. The minimum Gasteiger partial charge on any atom is -0.468 e. The molecule has 0 radical (unpaired) electrons. The Balaban J connectivity index is 1.64. The molecule has 0 spiro atoms. The van der Waals surface area contributed by atoms with Gasteiger partial charge >= 0.3 is 0 Å². The van der Waals surface area contributed by atoms with E-state index in [4.69, 9.17) is 19.0 Å². The lowest BCUT2D eigenvalue weighted by Gasteiger charge is -2.25. The molecule has 4 rings (SSSR count). The van der Waals surface area contributed by atoms with Crippen molar-refractivity contribution >= 4 is 0 Å². The van der Waals surface area contributed by atoms with Crippen molar-refractivity contribution in [3.8, 4) is 17.3 Å². The quantitative estimate of drug-likeness (QED) is 0.245. The number of furan rings is 1. The van der Waals surface area contributed by atoms with E-state index >= 15 is 0 Å². The molecule has 7 nitrogen and oxygen atoms in total. The molecule has 37 heavy (non-hydrogen) atoms. The van der Waals surface area contributed by atoms with Gasteiger partial charge in [-0.2, -0.15) is 5.10 Å². The van der Waals surface area contributed by atoms with E-state index in [1.54, 1.807) is 6.26 Å². The molecule has 1 atom stereocenters. The van der Waals surface area contributed by atoms with Gasteiger partial charge in [-0.05, 0) is 61.7 Å². The van der Waals surface area contributed by atoms with Crippen LogP contribution in [0.15, 0.2) is 77.4 Å². The smallest absolute Gasteiger partial charge is 0.227 e. The summed E-state index contributed by atoms with van der Waals surface area (Å²) in [5.74, 6) is 2.64. The molecule has 0 aliphatic carbocycles. The maximum atomic E-state index is 10.8. The number of para-hydroxylation sites is 1. The molecule has 0 saturated heterocycles. The van der Waals surface area contributed by atoms with Gasteiger partial charge in [0.15, 0.2) is 0 Å². The normalized spacial score (nSPS) is 12.4. The van der Waals surface area contributed by atoms with E-state index in [1.807, 2.05) is 85.3 Å². The number of ether oxygens (including phenoxy) is 2. The van der Waals surface area contributed by atoms with Gasteiger partial charge in [-0.25, -0.2) is 4.68 Å². The Morgan fingerprint density at radius 2 is 1.78 bits per heavy atom. The summed E-state index contributed by atoms with van der Waals surface area (Å²) in [6.07, 6.45) is 1.03. The zero-order chi connectivity index (χ0) is 26.2. The molecule has 4 aromatic rings. The predicted octanol–water partition coefficient (Wildman–Crippen LogP) is 5.91. The van der Waals surface area contributed by atoms with Crippen molar-refractivity contribution < 1.29 is 19.0 Å². The second-order valence-electron chi connectivity index (χ2n) is 9.87. The van der Waals surface area contributed by atoms with Crippen LogP contribution < -0.4 is 4.74 Å². The van der Waals surface area contributed by atoms with Gasteiger partial charge in [0.05, 0.1) is 42.5 Å². The SMILES string of the molecule is Cc1cccc(Oc2c(CN(Cc3ccco3)C[C@H](O)COCC(C)C)c(C)nn2-c2ccccc2)c1. The fourth-order valence-corrected chi connectivity index (χ4v) is 4.18. The van der Waals surface area contributed by atoms with Crippen molar-refractivity contribution in [2.75, 3.05) is 19.8 Å². The van der Waals surface area contributed by atoms with E-state index in [1.165, 1.54) is 0 Å². The number of aromatic nitrogens is 2. The van der Waals surface area contributed by atoms with Crippen LogP contribution in [0, 0.1) is 19.8 Å². The summed E-state index contributed by atoms with van der Waals surface area (Å²) in [5.41, 5.74) is 3.85. The van der Waals surface area contributed by atoms with E-state index < -0.39 is 6.10 Å². The van der Waals surface area contributed by atoms with Crippen molar-refractivity contribution in [3.63, 3.8) is 0 Å². The Hall–Kier alpha value is -3.39. The summed E-state index contributed by atoms with van der Waals surface area (Å²) in [6, 6.07) is 21.8. The van der Waals surface area contributed by atoms with E-state index in [-0.39, 0.29) is 6.61 Å². The molecule has 7 heteroatoms. The van der Waals surface area contributed by atoms with Gasteiger partial charge in [-0.3, -0.25) is 4.90 Å². The fourth-order valence-electron chi connectivity index (χ4n) is 4.18. The first-order valence-corrected chi connectivity index (χ1v) is 12.8. The molecule has 0 aliphatic rings. The van der Waals surface area contributed by atoms with Crippen LogP contribution in [0.5, 0.6) is 11.6 Å². The van der Waals surface area contributed by atoms with Gasteiger partial charge in [0, 0.05) is 19.7 Å². The highest BCUT2D eigenvalue weighted by Crippen LogP contribution is 2.32. The zero-order valence-electron chi connectivity index (χ0n) is 22.1. The third-order valence-electron chi connectivity index (χ3n) is 5.91. The summed E-state index contributed by atoms with van der Waals surface area (Å²) in [4.78, 5) is 2.14. The maximum Gasteiger partial charge on any atom is 0.227 e. The Morgan fingerprint density at radius 3 is 2.49 bits per heavy atom. The van der Waals surface area contributed by atoms with E-state index in [2.05, 4.69) is 18.7 Å². The van der Waals surface area contributed by atoms with Crippen LogP contribution in [-0.4, -0.2) is 45.6 Å². The van der Waals surface area contributed by atoms with Crippen LogP contribution in [0.3, 0.4) is 0 Å². The number of benzene rings is 2. The van der Waals surface area contributed by atoms with Crippen molar-refractivity contribution in [3.05, 3.63) is 95.6 Å². The Morgan fingerprint density at radius 1 is 0.973 bits per heavy atom. The first-order valence-electron chi connectivity index (χ1n) is 12.8. The summed E-state index contributed by atoms with van der Waals surface area (Å²) in [7, 11) is 0. The van der Waals surface area contributed by atoms with Crippen LogP contribution >= 0.6 is 0 Å². The molecule has 196 valence electrons. The van der Waals surface area contributed by atoms with Crippen LogP contribution in [-0.2, 0) is 17.8 Å². The monoisotopic (exact) mass is 503 g/mol. The molecule has 2 aromatic carbocycles. The first kappa shape index (κ1) is 26.7. The molecular weight excluding hydrogens is 466 g/mol. The van der Waals surface area contributed by atoms with Gasteiger partial charge in [0.25, 0.3) is 0 Å². The highest BCUT2D eigenvalue weighted by Gasteiger charge is 2.23. The number of aryl methyl sites for hydroxylation is 2. The molecule has 0 fully saturated rings. The van der Waals surface area contributed by atoms with E-state index in [0.717, 1.165) is 34.0 Å². The summed E-state index contributed by atoms with van der Waals surface area (Å²) >= 11 is 0. The van der Waals surface area contributed by atoms with Crippen LogP contribution in [0.4, 0.5) is 0 Å². The molecule has 0 bridgehead atoms. The van der Waals surface area contributed by atoms with Crippen molar-refractivity contribution in [1.29, 1.82) is 0 Å². The van der Waals surface area contributed by atoms with Gasteiger partial charge < -0.3 is 19.0 Å². The second-order valence-corrected chi connectivity index (χ2v) is 9.87. The van der Waals surface area contributed by atoms with Crippen molar-refractivity contribution in [2.45, 2.75) is 46.9 Å². The Kier molecular flexibility index (Phi) is 9.17. The lowest BCUT2D eigenvalue weighted by molar-refractivity contribution is 0.00448. The largest absolute Gasteiger partial charge is 0.468 e. The third kappa shape index (κ3) is 7.55. The molecule has 2 aromatic heterocycles. The number of nitrogens with zero attached hydrogens (tertiary/aromatic N) is 3. The van der Waals surface area contributed by atoms with Crippen LogP contribution in [0.1, 0.15) is 36.4 Å². The summed E-state index contributed by atoms with van der Waals surface area (Å²) in [6.45, 7) is 10.6. The second kappa shape index (κ2) is 12.7. The molecule has 0 amide bonds. The van der Waals surface area contributed by atoms with E-state index in [0.29, 0.717) is 38.0 Å². The molecule has 2 heterocycles. The summed E-state index contributed by atoms with van der Waals surface area (Å²) in [5, 5.41) is 15.6. The Labute approximate surface area is 219 Å². The molecule has 0 unspecified atom stereocenters. The van der Waals surface area contributed by atoms with Crippen LogP contribution in [0.2, 0.25) is 0 Å². The van der Waals surface area contributed by atoms with Gasteiger partial charge in [-0.1, -0.05) is 44.2 Å². The van der Waals surface area contributed by atoms with Gasteiger partial charge in [-0.15, -0.1) is 0 Å².